The van der Waals surface area contributed by atoms with E-state index in [9.17, 15) is 4.79 Å². The first kappa shape index (κ1) is 15.4. The molecule has 1 atom stereocenters. The number of rotatable bonds is 6. The fourth-order valence-corrected chi connectivity index (χ4v) is 2.23. The first-order valence-electron chi connectivity index (χ1n) is 6.49. The monoisotopic (exact) mass is 304 g/mol. The van der Waals surface area contributed by atoms with Crippen molar-refractivity contribution in [2.24, 2.45) is 5.73 Å². The summed E-state index contributed by atoms with van der Waals surface area (Å²) in [6, 6.07) is 14.1. The average molecular weight is 305 g/mol. The van der Waals surface area contributed by atoms with Crippen LogP contribution in [0.3, 0.4) is 0 Å². The summed E-state index contributed by atoms with van der Waals surface area (Å²) in [5, 5.41) is 3.69. The molecule has 2 rings (SSSR count). The predicted octanol–water partition coefficient (Wildman–Crippen LogP) is 3.12. The maximum Gasteiger partial charge on any atom is 0.244 e. The average Bonchev–Trinajstić information content (AvgIpc) is 2.46. The largest absolute Gasteiger partial charge is 0.380 e. The molecular formula is C16H17ClN2O2. The molecule has 4 nitrogen and oxygen atoms in total. The third-order valence-electron chi connectivity index (χ3n) is 3.04. The van der Waals surface area contributed by atoms with Crippen LogP contribution in [0.2, 0.25) is 5.02 Å². The Hall–Kier alpha value is -2.04. The molecule has 5 heteroatoms. The quantitative estimate of drug-likeness (QED) is 0.862. The molecule has 1 unspecified atom stereocenters. The molecule has 0 radical (unpaired) electrons. The van der Waals surface area contributed by atoms with E-state index in [0.29, 0.717) is 11.6 Å². The van der Waals surface area contributed by atoms with Crippen LogP contribution in [-0.2, 0) is 16.1 Å². The molecule has 0 aliphatic carbocycles. The molecule has 110 valence electrons. The number of hydrogen-bond acceptors (Lipinski definition) is 3. The maximum atomic E-state index is 11.7. The molecule has 2 aromatic rings. The first-order valence-corrected chi connectivity index (χ1v) is 6.87. The van der Waals surface area contributed by atoms with Crippen molar-refractivity contribution in [1.29, 1.82) is 0 Å². The summed E-state index contributed by atoms with van der Waals surface area (Å²) >= 11 is 5.94. The lowest BCUT2D eigenvalue weighted by atomic mass is 10.0. The van der Waals surface area contributed by atoms with E-state index in [1.54, 1.807) is 19.2 Å². The third kappa shape index (κ3) is 4.21. The van der Waals surface area contributed by atoms with Gasteiger partial charge in [-0.25, -0.2) is 0 Å². The highest BCUT2D eigenvalue weighted by Crippen LogP contribution is 2.22. The molecule has 0 spiro atoms. The van der Waals surface area contributed by atoms with E-state index < -0.39 is 11.9 Å². The Labute approximate surface area is 128 Å². The lowest BCUT2D eigenvalue weighted by Gasteiger charge is -2.17. The van der Waals surface area contributed by atoms with E-state index in [2.05, 4.69) is 5.32 Å². The van der Waals surface area contributed by atoms with Gasteiger partial charge in [0.25, 0.3) is 0 Å². The number of carbonyl (C=O) groups is 1. The topological polar surface area (TPSA) is 64.3 Å². The van der Waals surface area contributed by atoms with Crippen LogP contribution < -0.4 is 11.1 Å². The molecule has 0 heterocycles. The minimum atomic E-state index is -0.611. The Morgan fingerprint density at radius 1 is 1.29 bits per heavy atom. The van der Waals surface area contributed by atoms with Gasteiger partial charge in [0.05, 0.1) is 6.61 Å². The van der Waals surface area contributed by atoms with Crippen LogP contribution in [0.25, 0.3) is 0 Å². The second-order valence-corrected chi connectivity index (χ2v) is 5.10. The van der Waals surface area contributed by atoms with Crippen LogP contribution in [0.1, 0.15) is 17.2 Å². The number of carbonyl (C=O) groups excluding carboxylic acids is 1. The van der Waals surface area contributed by atoms with Gasteiger partial charge in [-0.3, -0.25) is 4.79 Å². The predicted molar refractivity (Wildman–Crippen MR) is 84.2 cm³/mol. The van der Waals surface area contributed by atoms with Crippen LogP contribution >= 0.6 is 11.6 Å². The number of ether oxygens (including phenoxy) is 1. The number of primary amides is 1. The van der Waals surface area contributed by atoms with E-state index in [4.69, 9.17) is 22.1 Å². The van der Waals surface area contributed by atoms with Crippen LogP contribution in [0.5, 0.6) is 0 Å². The highest BCUT2D eigenvalue weighted by molar-refractivity contribution is 6.30. The molecule has 21 heavy (non-hydrogen) atoms. The van der Waals surface area contributed by atoms with Crippen LogP contribution in [-0.4, -0.2) is 13.0 Å². The van der Waals surface area contributed by atoms with Crippen molar-refractivity contribution in [3.63, 3.8) is 0 Å². The fourth-order valence-electron chi connectivity index (χ4n) is 2.04. The molecule has 3 N–H and O–H groups in total. The molecule has 0 aliphatic rings. The van der Waals surface area contributed by atoms with Gasteiger partial charge in [-0.2, -0.15) is 0 Å². The normalized spacial score (nSPS) is 11.9. The molecule has 0 fully saturated rings. The molecule has 1 amide bonds. The first-order chi connectivity index (χ1) is 10.1. The summed E-state index contributed by atoms with van der Waals surface area (Å²) in [6.45, 7) is 0.531. The zero-order valence-corrected chi connectivity index (χ0v) is 12.4. The van der Waals surface area contributed by atoms with E-state index in [1.807, 2.05) is 36.4 Å². The van der Waals surface area contributed by atoms with Crippen LogP contribution in [0.4, 0.5) is 5.69 Å². The minimum Gasteiger partial charge on any atom is -0.380 e. The fraction of sp³-hybridized carbons (Fsp3) is 0.188. The zero-order chi connectivity index (χ0) is 15.2. The zero-order valence-electron chi connectivity index (χ0n) is 11.7. The van der Waals surface area contributed by atoms with Gasteiger partial charge in [0.1, 0.15) is 6.04 Å². The standard InChI is InChI=1S/C16H17ClN2O2/c1-21-10-11-5-7-12(8-6-11)15(16(18)20)19-14-4-2-3-13(17)9-14/h2-9,15,19H,10H2,1H3,(H2,18,20). The number of halogens is 1. The summed E-state index contributed by atoms with van der Waals surface area (Å²) in [5.74, 6) is -0.450. The van der Waals surface area contributed by atoms with Crippen molar-refractivity contribution in [1.82, 2.24) is 0 Å². The van der Waals surface area contributed by atoms with Gasteiger partial charge in [-0.05, 0) is 29.3 Å². The third-order valence-corrected chi connectivity index (χ3v) is 3.28. The molecule has 0 saturated heterocycles. The minimum absolute atomic E-state index is 0.450. The highest BCUT2D eigenvalue weighted by atomic mass is 35.5. The summed E-state index contributed by atoms with van der Waals surface area (Å²) < 4.78 is 5.06. The van der Waals surface area contributed by atoms with Gasteiger partial charge in [-0.1, -0.05) is 41.9 Å². The Morgan fingerprint density at radius 2 is 2.00 bits per heavy atom. The Kier molecular flexibility index (Phi) is 5.20. The number of hydrogen-bond donors (Lipinski definition) is 2. The van der Waals surface area contributed by atoms with E-state index in [1.165, 1.54) is 0 Å². The van der Waals surface area contributed by atoms with Crippen molar-refractivity contribution in [2.75, 3.05) is 12.4 Å². The molecule has 0 aromatic heterocycles. The number of anilines is 1. The summed E-state index contributed by atoms with van der Waals surface area (Å²) in [6.07, 6.45) is 0. The number of nitrogens with two attached hydrogens (primary N) is 1. The lowest BCUT2D eigenvalue weighted by Crippen LogP contribution is -2.27. The SMILES string of the molecule is COCc1ccc(C(Nc2cccc(Cl)c2)C(N)=O)cc1. The van der Waals surface area contributed by atoms with Crippen LogP contribution in [0.15, 0.2) is 48.5 Å². The van der Waals surface area contributed by atoms with Crippen molar-refractivity contribution in [3.05, 3.63) is 64.7 Å². The molecule has 0 saturated carbocycles. The van der Waals surface area contributed by atoms with E-state index >= 15 is 0 Å². The molecule has 0 bridgehead atoms. The van der Waals surface area contributed by atoms with Gasteiger partial charge < -0.3 is 15.8 Å². The number of benzene rings is 2. The lowest BCUT2D eigenvalue weighted by molar-refractivity contribution is -0.118. The summed E-state index contributed by atoms with van der Waals surface area (Å²) in [7, 11) is 1.64. The Morgan fingerprint density at radius 3 is 2.57 bits per heavy atom. The van der Waals surface area contributed by atoms with Gasteiger partial charge in [0, 0.05) is 17.8 Å². The second-order valence-electron chi connectivity index (χ2n) is 4.66. The van der Waals surface area contributed by atoms with Crippen molar-refractivity contribution < 1.29 is 9.53 Å². The number of methoxy groups -OCH3 is 1. The van der Waals surface area contributed by atoms with Crippen LogP contribution in [0, 0.1) is 0 Å². The smallest absolute Gasteiger partial charge is 0.244 e. The molecular weight excluding hydrogens is 288 g/mol. The molecule has 2 aromatic carbocycles. The highest BCUT2D eigenvalue weighted by Gasteiger charge is 2.17. The maximum absolute atomic E-state index is 11.7. The number of nitrogens with one attached hydrogen (secondary N) is 1. The second kappa shape index (κ2) is 7.11. The molecule has 0 aliphatic heterocycles. The van der Waals surface area contributed by atoms with E-state index in [-0.39, 0.29) is 0 Å². The van der Waals surface area contributed by atoms with Crippen molar-refractivity contribution in [2.45, 2.75) is 12.6 Å². The van der Waals surface area contributed by atoms with E-state index in [0.717, 1.165) is 16.8 Å². The van der Waals surface area contributed by atoms with Gasteiger partial charge in [0.2, 0.25) is 5.91 Å². The van der Waals surface area contributed by atoms with Crippen molar-refractivity contribution >= 4 is 23.2 Å². The van der Waals surface area contributed by atoms with Gasteiger partial charge >= 0.3 is 0 Å². The Bertz CT molecular complexity index is 614. The number of amides is 1. The Balaban J connectivity index is 2.20. The summed E-state index contributed by atoms with van der Waals surface area (Å²) in [4.78, 5) is 11.7. The van der Waals surface area contributed by atoms with Gasteiger partial charge in [0.15, 0.2) is 0 Å². The van der Waals surface area contributed by atoms with Gasteiger partial charge in [-0.15, -0.1) is 0 Å². The van der Waals surface area contributed by atoms with Crippen molar-refractivity contribution in [3.8, 4) is 0 Å². The summed E-state index contributed by atoms with van der Waals surface area (Å²) in [5.41, 5.74) is 8.06.